The molecule has 9 heteroatoms. The SMILES string of the molecule is COc1cccc(NC(=O)NCC2CCN(c3nc(Cc4ccc(F)cc4)ns3)CC2)c1. The molecule has 0 radical (unpaired) electrons. The van der Waals surface area contributed by atoms with Gasteiger partial charge in [-0.2, -0.15) is 4.37 Å². The molecule has 0 bridgehead atoms. The maximum Gasteiger partial charge on any atom is 0.319 e. The van der Waals surface area contributed by atoms with Gasteiger partial charge >= 0.3 is 6.03 Å². The average Bonchev–Trinajstić information content (AvgIpc) is 3.28. The third-order valence-electron chi connectivity index (χ3n) is 5.50. The number of nitrogens with zero attached hydrogens (tertiary/aromatic N) is 3. The Morgan fingerprint density at radius 3 is 2.75 bits per heavy atom. The first-order valence-corrected chi connectivity index (χ1v) is 11.4. The molecule has 2 amide bonds. The van der Waals surface area contributed by atoms with Gasteiger partial charge in [-0.25, -0.2) is 14.2 Å². The number of anilines is 2. The van der Waals surface area contributed by atoms with Crippen molar-refractivity contribution < 1.29 is 13.9 Å². The highest BCUT2D eigenvalue weighted by molar-refractivity contribution is 7.09. The number of hydrogen-bond donors (Lipinski definition) is 2. The van der Waals surface area contributed by atoms with E-state index in [2.05, 4.69) is 24.9 Å². The molecule has 1 aliphatic heterocycles. The molecule has 0 saturated carbocycles. The first kappa shape index (κ1) is 22.0. The standard InChI is InChI=1S/C23H26FN5O2S/c1-31-20-4-2-3-19(14-20)26-22(30)25-15-17-9-11-29(12-10-17)23-27-21(28-32-23)13-16-5-7-18(24)8-6-16/h2-8,14,17H,9-13,15H2,1H3,(H2,25,26,30). The summed E-state index contributed by atoms with van der Waals surface area (Å²) in [6, 6.07) is 13.5. The Hall–Kier alpha value is -3.20. The lowest BCUT2D eigenvalue weighted by Gasteiger charge is -2.31. The van der Waals surface area contributed by atoms with Crippen molar-refractivity contribution in [1.29, 1.82) is 0 Å². The van der Waals surface area contributed by atoms with Crippen LogP contribution in [0.15, 0.2) is 48.5 Å². The second-order valence-corrected chi connectivity index (χ2v) is 8.52. The molecule has 0 unspecified atom stereocenters. The summed E-state index contributed by atoms with van der Waals surface area (Å²) in [5, 5.41) is 6.73. The van der Waals surface area contributed by atoms with Gasteiger partial charge in [0.05, 0.1) is 7.11 Å². The maximum atomic E-state index is 13.1. The Balaban J connectivity index is 1.21. The van der Waals surface area contributed by atoms with Crippen LogP contribution in [0, 0.1) is 11.7 Å². The normalized spacial score (nSPS) is 14.2. The molecule has 2 heterocycles. The fraction of sp³-hybridized carbons (Fsp3) is 0.348. The van der Waals surface area contributed by atoms with Crippen LogP contribution in [0.1, 0.15) is 24.2 Å². The number of benzene rings is 2. The van der Waals surface area contributed by atoms with Gasteiger partial charge in [0, 0.05) is 49.3 Å². The van der Waals surface area contributed by atoms with Crippen LogP contribution in [-0.2, 0) is 6.42 Å². The van der Waals surface area contributed by atoms with Crippen LogP contribution >= 0.6 is 11.5 Å². The lowest BCUT2D eigenvalue weighted by molar-refractivity contribution is 0.248. The van der Waals surface area contributed by atoms with Gasteiger partial charge in [0.15, 0.2) is 0 Å². The number of aromatic nitrogens is 2. The van der Waals surface area contributed by atoms with Crippen LogP contribution in [0.5, 0.6) is 5.75 Å². The van der Waals surface area contributed by atoms with Crippen LogP contribution in [0.2, 0.25) is 0 Å². The summed E-state index contributed by atoms with van der Waals surface area (Å²) in [5.41, 5.74) is 1.69. The lowest BCUT2D eigenvalue weighted by atomic mass is 9.97. The third kappa shape index (κ3) is 5.94. The summed E-state index contributed by atoms with van der Waals surface area (Å²) in [5.74, 6) is 1.65. The summed E-state index contributed by atoms with van der Waals surface area (Å²) in [6.07, 6.45) is 2.55. The van der Waals surface area contributed by atoms with E-state index >= 15 is 0 Å². The van der Waals surface area contributed by atoms with Gasteiger partial charge < -0.3 is 20.3 Å². The molecule has 1 fully saturated rings. The van der Waals surface area contributed by atoms with Gasteiger partial charge in [-0.3, -0.25) is 0 Å². The van der Waals surface area contributed by atoms with Crippen LogP contribution < -0.4 is 20.3 Å². The summed E-state index contributed by atoms with van der Waals surface area (Å²) in [4.78, 5) is 19.1. The molecule has 0 aliphatic carbocycles. The second kappa shape index (κ2) is 10.4. The maximum absolute atomic E-state index is 13.1. The smallest absolute Gasteiger partial charge is 0.319 e. The molecule has 0 spiro atoms. The Labute approximate surface area is 190 Å². The summed E-state index contributed by atoms with van der Waals surface area (Å²) >= 11 is 1.40. The fourth-order valence-electron chi connectivity index (χ4n) is 3.67. The number of piperidine rings is 1. The van der Waals surface area contributed by atoms with Crippen molar-refractivity contribution in [2.45, 2.75) is 19.3 Å². The molecule has 2 aromatic carbocycles. The minimum atomic E-state index is -0.240. The predicted octanol–water partition coefficient (Wildman–Crippen LogP) is 4.31. The number of ether oxygens (including phenoxy) is 1. The van der Waals surface area contributed by atoms with Crippen molar-refractivity contribution in [3.8, 4) is 5.75 Å². The molecule has 1 saturated heterocycles. The Morgan fingerprint density at radius 2 is 2.00 bits per heavy atom. The summed E-state index contributed by atoms with van der Waals surface area (Å²) < 4.78 is 22.7. The first-order valence-electron chi connectivity index (χ1n) is 10.6. The van der Waals surface area contributed by atoms with Gasteiger partial charge in [-0.05, 0) is 48.6 Å². The minimum absolute atomic E-state index is 0.213. The molecule has 7 nitrogen and oxygen atoms in total. The molecule has 0 atom stereocenters. The lowest BCUT2D eigenvalue weighted by Crippen LogP contribution is -2.39. The topological polar surface area (TPSA) is 79.4 Å². The number of rotatable bonds is 7. The molecule has 3 aromatic rings. The highest BCUT2D eigenvalue weighted by Crippen LogP contribution is 2.25. The Morgan fingerprint density at radius 1 is 1.22 bits per heavy atom. The molecule has 2 N–H and O–H groups in total. The summed E-state index contributed by atoms with van der Waals surface area (Å²) in [7, 11) is 1.60. The largest absolute Gasteiger partial charge is 0.497 e. The van der Waals surface area contributed by atoms with E-state index in [1.165, 1.54) is 23.7 Å². The van der Waals surface area contributed by atoms with Crippen LogP contribution in [0.3, 0.4) is 0 Å². The van der Waals surface area contributed by atoms with Crippen molar-refractivity contribution in [3.05, 3.63) is 65.7 Å². The van der Waals surface area contributed by atoms with E-state index in [1.807, 2.05) is 18.2 Å². The van der Waals surface area contributed by atoms with E-state index in [-0.39, 0.29) is 11.8 Å². The number of urea groups is 1. The molecule has 1 aromatic heterocycles. The molecule has 168 valence electrons. The van der Waals surface area contributed by atoms with E-state index in [9.17, 15) is 9.18 Å². The van der Waals surface area contributed by atoms with Gasteiger partial charge in [-0.15, -0.1) is 0 Å². The molecule has 4 rings (SSSR count). The zero-order valence-electron chi connectivity index (χ0n) is 17.9. The third-order valence-corrected chi connectivity index (χ3v) is 6.31. The first-order chi connectivity index (χ1) is 15.6. The molecular formula is C23H26FN5O2S. The van der Waals surface area contributed by atoms with E-state index in [0.29, 0.717) is 30.3 Å². The number of halogens is 1. The number of nitrogens with one attached hydrogen (secondary N) is 2. The Kier molecular flexibility index (Phi) is 7.16. The number of carbonyl (C=O) groups excluding carboxylic acids is 1. The molecule has 32 heavy (non-hydrogen) atoms. The van der Waals surface area contributed by atoms with Crippen molar-refractivity contribution in [2.24, 2.45) is 5.92 Å². The predicted molar refractivity (Wildman–Crippen MR) is 124 cm³/mol. The van der Waals surface area contributed by atoms with Crippen molar-refractivity contribution in [2.75, 3.05) is 37.0 Å². The molecular weight excluding hydrogens is 429 g/mol. The monoisotopic (exact) mass is 455 g/mol. The summed E-state index contributed by atoms with van der Waals surface area (Å²) in [6.45, 7) is 2.40. The number of methoxy groups -OCH3 is 1. The Bertz CT molecular complexity index is 1030. The number of hydrogen-bond acceptors (Lipinski definition) is 6. The van der Waals surface area contributed by atoms with Gasteiger partial charge in [-0.1, -0.05) is 18.2 Å². The molecule has 1 aliphatic rings. The van der Waals surface area contributed by atoms with Crippen molar-refractivity contribution in [1.82, 2.24) is 14.7 Å². The van der Waals surface area contributed by atoms with E-state index in [0.717, 1.165) is 42.5 Å². The highest BCUT2D eigenvalue weighted by Gasteiger charge is 2.22. The van der Waals surface area contributed by atoms with Crippen molar-refractivity contribution >= 4 is 28.4 Å². The highest BCUT2D eigenvalue weighted by atomic mass is 32.1. The second-order valence-electron chi connectivity index (χ2n) is 7.79. The fourth-order valence-corrected chi connectivity index (χ4v) is 4.41. The van der Waals surface area contributed by atoms with Gasteiger partial charge in [0.1, 0.15) is 17.4 Å². The van der Waals surface area contributed by atoms with E-state index < -0.39 is 0 Å². The number of carbonyl (C=O) groups is 1. The van der Waals surface area contributed by atoms with Gasteiger partial charge in [0.2, 0.25) is 5.13 Å². The minimum Gasteiger partial charge on any atom is -0.497 e. The van der Waals surface area contributed by atoms with Crippen LogP contribution in [0.4, 0.5) is 20.0 Å². The quantitative estimate of drug-likeness (QED) is 0.555. The van der Waals surface area contributed by atoms with E-state index in [4.69, 9.17) is 4.74 Å². The number of amides is 2. The van der Waals surface area contributed by atoms with Crippen LogP contribution in [-0.4, -0.2) is 42.1 Å². The average molecular weight is 456 g/mol. The zero-order valence-corrected chi connectivity index (χ0v) is 18.7. The van der Waals surface area contributed by atoms with Crippen LogP contribution in [0.25, 0.3) is 0 Å². The van der Waals surface area contributed by atoms with E-state index in [1.54, 1.807) is 25.3 Å². The van der Waals surface area contributed by atoms with Crippen molar-refractivity contribution in [3.63, 3.8) is 0 Å². The zero-order chi connectivity index (χ0) is 22.3. The van der Waals surface area contributed by atoms with Gasteiger partial charge in [0.25, 0.3) is 0 Å².